The highest BCUT2D eigenvalue weighted by atomic mass is 16.3. The maximum atomic E-state index is 11.4. The second-order valence-electron chi connectivity index (χ2n) is 2.60. The lowest BCUT2D eigenvalue weighted by atomic mass is 10.2. The summed E-state index contributed by atoms with van der Waals surface area (Å²) in [6.45, 7) is 2.05. The molecule has 14 heavy (non-hydrogen) atoms. The van der Waals surface area contributed by atoms with Gasteiger partial charge in [0.2, 0.25) is 0 Å². The Bertz CT molecular complexity index is 313. The molecule has 0 bridgehead atoms. The van der Waals surface area contributed by atoms with Crippen LogP contribution in [0, 0.1) is 4.91 Å². The molecular weight excluding hydrogens is 182 g/mol. The molecule has 0 unspecified atom stereocenters. The van der Waals surface area contributed by atoms with Gasteiger partial charge in [-0.25, -0.2) is 5.43 Å². The maximum Gasteiger partial charge on any atom is 0.271 e. The molecule has 0 saturated heterocycles. The molecule has 0 heterocycles. The van der Waals surface area contributed by atoms with Crippen LogP contribution in [0.5, 0.6) is 0 Å². The minimum atomic E-state index is -0.341. The zero-order valence-electron chi connectivity index (χ0n) is 7.80. The highest BCUT2D eigenvalue weighted by Gasteiger charge is 2.07. The van der Waals surface area contributed by atoms with Crippen molar-refractivity contribution in [2.45, 2.75) is 6.92 Å². The third-order valence-corrected chi connectivity index (χ3v) is 1.66. The van der Waals surface area contributed by atoms with Gasteiger partial charge in [-0.2, -0.15) is 5.12 Å². The number of hydrogen-bond donors (Lipinski definition) is 1. The van der Waals surface area contributed by atoms with Crippen molar-refractivity contribution in [1.29, 1.82) is 0 Å². The zero-order chi connectivity index (χ0) is 10.4. The Balaban J connectivity index is 2.63. The molecule has 1 rings (SSSR count). The molecule has 0 aliphatic heterocycles. The van der Waals surface area contributed by atoms with Gasteiger partial charge in [-0.15, -0.1) is 4.91 Å². The monoisotopic (exact) mass is 193 g/mol. The van der Waals surface area contributed by atoms with Gasteiger partial charge in [-0.3, -0.25) is 4.79 Å². The first-order chi connectivity index (χ1) is 6.77. The highest BCUT2D eigenvalue weighted by Crippen LogP contribution is 1.98. The second-order valence-corrected chi connectivity index (χ2v) is 2.60. The molecule has 74 valence electrons. The zero-order valence-corrected chi connectivity index (χ0v) is 7.80. The Morgan fingerprint density at radius 3 is 2.57 bits per heavy atom. The van der Waals surface area contributed by atoms with Crippen LogP contribution in [0.2, 0.25) is 0 Å². The van der Waals surface area contributed by atoms with Crippen molar-refractivity contribution in [1.82, 2.24) is 10.5 Å². The van der Waals surface area contributed by atoms with Gasteiger partial charge in [0.1, 0.15) is 0 Å². The summed E-state index contributed by atoms with van der Waals surface area (Å²) in [4.78, 5) is 21.6. The van der Waals surface area contributed by atoms with Crippen molar-refractivity contribution in [3.8, 4) is 0 Å². The Hall–Kier alpha value is -1.91. The number of nitroso groups, excluding NO2 is 1. The van der Waals surface area contributed by atoms with E-state index in [-0.39, 0.29) is 5.91 Å². The molecule has 1 aromatic rings. The lowest BCUT2D eigenvalue weighted by Gasteiger charge is -2.13. The molecule has 1 aromatic carbocycles. The first kappa shape index (κ1) is 10.2. The Morgan fingerprint density at radius 1 is 1.43 bits per heavy atom. The van der Waals surface area contributed by atoms with Gasteiger partial charge in [0.25, 0.3) is 5.91 Å². The molecule has 0 radical (unpaired) electrons. The van der Waals surface area contributed by atoms with Crippen molar-refractivity contribution in [3.63, 3.8) is 0 Å². The van der Waals surface area contributed by atoms with Crippen molar-refractivity contribution in [3.05, 3.63) is 40.8 Å². The fraction of sp³-hybridized carbons (Fsp3) is 0.222. The van der Waals surface area contributed by atoms with E-state index in [2.05, 4.69) is 10.7 Å². The number of nitrogens with one attached hydrogen (secondary N) is 1. The molecule has 1 N–H and O–H groups in total. The van der Waals surface area contributed by atoms with Gasteiger partial charge in [-0.1, -0.05) is 18.2 Å². The molecule has 0 spiro atoms. The van der Waals surface area contributed by atoms with E-state index in [4.69, 9.17) is 0 Å². The number of carbonyl (C=O) groups is 1. The fourth-order valence-electron chi connectivity index (χ4n) is 0.928. The molecule has 0 aliphatic carbocycles. The topological polar surface area (TPSA) is 61.8 Å². The highest BCUT2D eigenvalue weighted by molar-refractivity contribution is 5.93. The van der Waals surface area contributed by atoms with Gasteiger partial charge in [0.05, 0.1) is 11.8 Å². The molecule has 0 aromatic heterocycles. The van der Waals surface area contributed by atoms with E-state index in [1.807, 2.05) is 6.07 Å². The summed E-state index contributed by atoms with van der Waals surface area (Å²) < 4.78 is 0. The summed E-state index contributed by atoms with van der Waals surface area (Å²) in [6.07, 6.45) is 0. The predicted octanol–water partition coefficient (Wildman–Crippen LogP) is 1.33. The predicted molar refractivity (Wildman–Crippen MR) is 52.1 cm³/mol. The number of nitrogens with zero attached hydrogens (tertiary/aromatic N) is 2. The smallest absolute Gasteiger partial charge is 0.267 e. The molecule has 5 nitrogen and oxygen atoms in total. The van der Waals surface area contributed by atoms with E-state index in [9.17, 15) is 9.70 Å². The van der Waals surface area contributed by atoms with Crippen molar-refractivity contribution < 1.29 is 4.79 Å². The quantitative estimate of drug-likeness (QED) is 0.579. The van der Waals surface area contributed by atoms with E-state index in [1.54, 1.807) is 31.2 Å². The standard InChI is InChI=1S/C9H11N3O2/c1-2-12(11-14)10-9(13)8-6-4-3-5-7-8/h3-7H,2H2,1H3,(H,10,13). The minimum absolute atomic E-state index is 0.335. The Kier molecular flexibility index (Phi) is 3.60. The molecule has 0 atom stereocenters. The Labute approximate surface area is 81.6 Å². The maximum absolute atomic E-state index is 11.4. The van der Waals surface area contributed by atoms with Gasteiger partial charge in [0, 0.05) is 5.56 Å². The van der Waals surface area contributed by atoms with Crippen molar-refractivity contribution >= 4 is 5.91 Å². The second kappa shape index (κ2) is 4.96. The molecule has 0 saturated carbocycles. The summed E-state index contributed by atoms with van der Waals surface area (Å²) in [6, 6.07) is 8.63. The van der Waals surface area contributed by atoms with E-state index in [0.29, 0.717) is 12.1 Å². The van der Waals surface area contributed by atoms with Crippen molar-refractivity contribution in [2.75, 3.05) is 6.54 Å². The van der Waals surface area contributed by atoms with Crippen LogP contribution in [0.3, 0.4) is 0 Å². The molecule has 1 amide bonds. The number of hydrazine groups is 1. The molecule has 5 heteroatoms. The van der Waals surface area contributed by atoms with Gasteiger partial charge in [0.15, 0.2) is 0 Å². The molecular formula is C9H11N3O2. The summed E-state index contributed by atoms with van der Waals surface area (Å²) in [5.41, 5.74) is 2.84. The Morgan fingerprint density at radius 2 is 2.07 bits per heavy atom. The third-order valence-electron chi connectivity index (χ3n) is 1.66. The van der Waals surface area contributed by atoms with Crippen LogP contribution in [0.1, 0.15) is 17.3 Å². The van der Waals surface area contributed by atoms with Crippen LogP contribution >= 0.6 is 0 Å². The van der Waals surface area contributed by atoms with Crippen LogP contribution in [-0.2, 0) is 0 Å². The number of rotatable bonds is 4. The fourth-order valence-corrected chi connectivity index (χ4v) is 0.928. The normalized spacial score (nSPS) is 9.21. The van der Waals surface area contributed by atoms with E-state index >= 15 is 0 Å². The van der Waals surface area contributed by atoms with Crippen LogP contribution in [0.25, 0.3) is 0 Å². The first-order valence-electron chi connectivity index (χ1n) is 4.24. The summed E-state index contributed by atoms with van der Waals surface area (Å²) in [7, 11) is 0. The summed E-state index contributed by atoms with van der Waals surface area (Å²) in [5.74, 6) is -0.341. The van der Waals surface area contributed by atoms with Gasteiger partial charge in [-0.05, 0) is 19.1 Å². The number of hydrogen-bond acceptors (Lipinski definition) is 3. The average Bonchev–Trinajstić information content (AvgIpc) is 2.26. The number of amides is 1. The van der Waals surface area contributed by atoms with Gasteiger partial charge < -0.3 is 0 Å². The molecule has 0 fully saturated rings. The van der Waals surface area contributed by atoms with Crippen LogP contribution in [0.15, 0.2) is 35.6 Å². The summed E-state index contributed by atoms with van der Waals surface area (Å²) in [5, 5.41) is 3.56. The lowest BCUT2D eigenvalue weighted by molar-refractivity contribution is 0.0799. The SMILES string of the molecule is CCN(N=O)NC(=O)c1ccccc1. The minimum Gasteiger partial charge on any atom is -0.267 e. The van der Waals surface area contributed by atoms with Crippen LogP contribution in [-0.4, -0.2) is 17.6 Å². The lowest BCUT2D eigenvalue weighted by Crippen LogP contribution is -2.37. The number of carbonyl (C=O) groups excluding carboxylic acids is 1. The first-order valence-corrected chi connectivity index (χ1v) is 4.24. The largest absolute Gasteiger partial charge is 0.271 e. The number of benzene rings is 1. The van der Waals surface area contributed by atoms with Crippen LogP contribution < -0.4 is 5.43 Å². The van der Waals surface area contributed by atoms with E-state index < -0.39 is 0 Å². The molecule has 0 aliphatic rings. The van der Waals surface area contributed by atoms with Crippen molar-refractivity contribution in [2.24, 2.45) is 5.29 Å². The van der Waals surface area contributed by atoms with E-state index in [1.165, 1.54) is 0 Å². The van der Waals surface area contributed by atoms with Gasteiger partial charge >= 0.3 is 0 Å². The average molecular weight is 193 g/mol. The van der Waals surface area contributed by atoms with E-state index in [0.717, 1.165) is 5.12 Å². The third kappa shape index (κ3) is 2.55. The van der Waals surface area contributed by atoms with Crippen LogP contribution in [0.4, 0.5) is 0 Å². The summed E-state index contributed by atoms with van der Waals surface area (Å²) >= 11 is 0.